The molecule has 2 rings (SSSR count). The maximum atomic E-state index is 12.7. The van der Waals surface area contributed by atoms with Crippen LogP contribution < -0.4 is 10.5 Å². The first-order chi connectivity index (χ1) is 9.48. The van der Waals surface area contributed by atoms with Crippen molar-refractivity contribution in [3.05, 3.63) is 18.2 Å². The van der Waals surface area contributed by atoms with E-state index in [2.05, 4.69) is 6.92 Å². The molecule has 1 aliphatic heterocycles. The molecule has 1 fully saturated rings. The number of sulfonamides is 1. The summed E-state index contributed by atoms with van der Waals surface area (Å²) in [6.45, 7) is 3.17. The van der Waals surface area contributed by atoms with Crippen molar-refractivity contribution in [3.63, 3.8) is 0 Å². The zero-order valence-corrected chi connectivity index (χ0v) is 13.3. The van der Waals surface area contributed by atoms with Crippen LogP contribution in [0.2, 0.25) is 0 Å². The smallest absolute Gasteiger partial charge is 0.245 e. The highest BCUT2D eigenvalue weighted by Crippen LogP contribution is 2.30. The molecule has 1 heterocycles. The molecule has 1 unspecified atom stereocenters. The SMILES string of the molecule is CCC1CN(S(=O)(=O)c2ccc(OC)cc2N)CCS1. The molecule has 0 aromatic heterocycles. The lowest BCUT2D eigenvalue weighted by Gasteiger charge is -2.31. The first-order valence-corrected chi connectivity index (χ1v) is 9.03. The standard InChI is InChI=1S/C13H20N2O3S2/c1-3-11-9-15(6-7-19-11)20(16,17)13-5-4-10(18-2)8-12(13)14/h4-5,8,11H,3,6-7,9,14H2,1-2H3. The summed E-state index contributed by atoms with van der Waals surface area (Å²) in [5.74, 6) is 1.38. The van der Waals surface area contributed by atoms with Crippen molar-refractivity contribution < 1.29 is 13.2 Å². The number of benzene rings is 1. The highest BCUT2D eigenvalue weighted by Gasteiger charge is 2.31. The van der Waals surface area contributed by atoms with Crippen molar-refractivity contribution in [2.24, 2.45) is 0 Å². The molecular formula is C13H20N2O3S2. The fraction of sp³-hybridized carbons (Fsp3) is 0.538. The Morgan fingerprint density at radius 3 is 2.85 bits per heavy atom. The maximum absolute atomic E-state index is 12.7. The van der Waals surface area contributed by atoms with E-state index in [4.69, 9.17) is 10.5 Å². The summed E-state index contributed by atoms with van der Waals surface area (Å²) in [6.07, 6.45) is 0.967. The van der Waals surface area contributed by atoms with Crippen molar-refractivity contribution in [2.45, 2.75) is 23.5 Å². The number of ether oxygens (including phenoxy) is 1. The van der Waals surface area contributed by atoms with Gasteiger partial charge < -0.3 is 10.5 Å². The van der Waals surface area contributed by atoms with Crippen LogP contribution in [-0.4, -0.2) is 43.9 Å². The van der Waals surface area contributed by atoms with Gasteiger partial charge in [0, 0.05) is 30.2 Å². The van der Waals surface area contributed by atoms with Gasteiger partial charge in [-0.05, 0) is 18.6 Å². The van der Waals surface area contributed by atoms with Crippen LogP contribution in [0, 0.1) is 0 Å². The molecule has 1 atom stereocenters. The van der Waals surface area contributed by atoms with Gasteiger partial charge in [0.1, 0.15) is 10.6 Å². The van der Waals surface area contributed by atoms with E-state index in [1.165, 1.54) is 17.5 Å². The van der Waals surface area contributed by atoms with Crippen LogP contribution in [-0.2, 0) is 10.0 Å². The third-order valence-corrected chi connectivity index (χ3v) is 6.70. The highest BCUT2D eigenvalue weighted by molar-refractivity contribution is 8.00. The lowest BCUT2D eigenvalue weighted by Crippen LogP contribution is -2.41. The molecule has 1 aromatic rings. The second-order valence-corrected chi connectivity index (χ2v) is 7.98. The third-order valence-electron chi connectivity index (χ3n) is 3.39. The van der Waals surface area contributed by atoms with Crippen LogP contribution in [0.4, 0.5) is 5.69 Å². The fourth-order valence-electron chi connectivity index (χ4n) is 2.19. The molecule has 1 aromatic carbocycles. The van der Waals surface area contributed by atoms with E-state index < -0.39 is 10.0 Å². The number of rotatable bonds is 4. The Bertz CT molecular complexity index is 575. The number of nitrogens with two attached hydrogens (primary N) is 1. The Morgan fingerprint density at radius 2 is 2.25 bits per heavy atom. The number of methoxy groups -OCH3 is 1. The Hall–Kier alpha value is -0.920. The number of hydrogen-bond donors (Lipinski definition) is 1. The van der Waals surface area contributed by atoms with Gasteiger partial charge in [0.25, 0.3) is 0 Å². The molecule has 20 heavy (non-hydrogen) atoms. The van der Waals surface area contributed by atoms with Gasteiger partial charge in [-0.3, -0.25) is 0 Å². The topological polar surface area (TPSA) is 72.6 Å². The van der Waals surface area contributed by atoms with Crippen LogP contribution >= 0.6 is 11.8 Å². The molecule has 2 N–H and O–H groups in total. The molecular weight excluding hydrogens is 296 g/mol. The van der Waals surface area contributed by atoms with Gasteiger partial charge in [-0.2, -0.15) is 16.1 Å². The third kappa shape index (κ3) is 3.05. The normalized spacial score (nSPS) is 20.8. The van der Waals surface area contributed by atoms with Gasteiger partial charge in [0.05, 0.1) is 12.8 Å². The Morgan fingerprint density at radius 1 is 1.50 bits per heavy atom. The van der Waals surface area contributed by atoms with E-state index in [1.54, 1.807) is 12.1 Å². The zero-order chi connectivity index (χ0) is 14.8. The second kappa shape index (κ2) is 6.24. The summed E-state index contributed by atoms with van der Waals surface area (Å²) in [4.78, 5) is 0.167. The van der Waals surface area contributed by atoms with E-state index in [9.17, 15) is 8.42 Å². The minimum absolute atomic E-state index is 0.167. The van der Waals surface area contributed by atoms with Crippen molar-refractivity contribution >= 4 is 27.5 Å². The monoisotopic (exact) mass is 316 g/mol. The average Bonchev–Trinajstić information content (AvgIpc) is 2.46. The predicted octanol–water partition coefficient (Wildman–Crippen LogP) is 1.79. The summed E-state index contributed by atoms with van der Waals surface area (Å²) >= 11 is 1.83. The first-order valence-electron chi connectivity index (χ1n) is 6.54. The van der Waals surface area contributed by atoms with Crippen LogP contribution in [0.25, 0.3) is 0 Å². The minimum atomic E-state index is -3.52. The van der Waals surface area contributed by atoms with Crippen LogP contribution in [0.3, 0.4) is 0 Å². The highest BCUT2D eigenvalue weighted by atomic mass is 32.2. The van der Waals surface area contributed by atoms with Crippen LogP contribution in [0.1, 0.15) is 13.3 Å². The predicted molar refractivity (Wildman–Crippen MR) is 82.7 cm³/mol. The largest absolute Gasteiger partial charge is 0.497 e. The first kappa shape index (κ1) is 15.5. The fourth-order valence-corrected chi connectivity index (χ4v) is 5.16. The van der Waals surface area contributed by atoms with Crippen molar-refractivity contribution in [3.8, 4) is 5.75 Å². The quantitative estimate of drug-likeness (QED) is 0.858. The van der Waals surface area contributed by atoms with Gasteiger partial charge in [0.15, 0.2) is 0 Å². The number of nitrogen functional groups attached to an aromatic ring is 1. The Kier molecular flexibility index (Phi) is 4.82. The van der Waals surface area contributed by atoms with Crippen molar-refractivity contribution in [2.75, 3.05) is 31.7 Å². The molecule has 1 saturated heterocycles. The summed E-state index contributed by atoms with van der Waals surface area (Å²) in [6, 6.07) is 4.69. The molecule has 0 bridgehead atoms. The molecule has 7 heteroatoms. The molecule has 0 spiro atoms. The Labute approximate surface area is 124 Å². The molecule has 0 amide bonds. The van der Waals surface area contributed by atoms with E-state index >= 15 is 0 Å². The lowest BCUT2D eigenvalue weighted by atomic mass is 10.3. The number of nitrogens with zero attached hydrogens (tertiary/aromatic N) is 1. The summed E-state index contributed by atoms with van der Waals surface area (Å²) in [5.41, 5.74) is 6.10. The minimum Gasteiger partial charge on any atom is -0.497 e. The number of hydrogen-bond acceptors (Lipinski definition) is 5. The maximum Gasteiger partial charge on any atom is 0.245 e. The van der Waals surface area contributed by atoms with E-state index in [0.717, 1.165) is 12.2 Å². The molecule has 0 radical (unpaired) electrons. The van der Waals surface area contributed by atoms with E-state index in [1.807, 2.05) is 11.8 Å². The van der Waals surface area contributed by atoms with Gasteiger partial charge in [-0.25, -0.2) is 8.42 Å². The van der Waals surface area contributed by atoms with Gasteiger partial charge in [-0.1, -0.05) is 6.92 Å². The summed E-state index contributed by atoms with van der Waals surface area (Å²) < 4.78 is 31.9. The number of anilines is 1. The van der Waals surface area contributed by atoms with Gasteiger partial charge in [-0.15, -0.1) is 0 Å². The summed E-state index contributed by atoms with van der Waals surface area (Å²) in [5, 5.41) is 0.359. The average molecular weight is 316 g/mol. The molecule has 0 aliphatic carbocycles. The Balaban J connectivity index is 2.30. The van der Waals surface area contributed by atoms with Crippen LogP contribution in [0.5, 0.6) is 5.75 Å². The van der Waals surface area contributed by atoms with E-state index in [0.29, 0.717) is 24.1 Å². The van der Waals surface area contributed by atoms with Gasteiger partial charge >= 0.3 is 0 Å². The van der Waals surface area contributed by atoms with Gasteiger partial charge in [0.2, 0.25) is 10.0 Å². The summed E-state index contributed by atoms with van der Waals surface area (Å²) in [7, 11) is -2.00. The zero-order valence-electron chi connectivity index (χ0n) is 11.7. The molecule has 5 nitrogen and oxygen atoms in total. The van der Waals surface area contributed by atoms with Crippen LogP contribution in [0.15, 0.2) is 23.1 Å². The lowest BCUT2D eigenvalue weighted by molar-refractivity contribution is 0.412. The van der Waals surface area contributed by atoms with E-state index in [-0.39, 0.29) is 10.6 Å². The second-order valence-electron chi connectivity index (χ2n) is 4.67. The van der Waals surface area contributed by atoms with Crippen molar-refractivity contribution in [1.82, 2.24) is 4.31 Å². The van der Waals surface area contributed by atoms with Crippen molar-refractivity contribution in [1.29, 1.82) is 0 Å². The molecule has 1 aliphatic rings. The molecule has 112 valence electrons. The number of thioether (sulfide) groups is 1. The molecule has 0 saturated carbocycles.